The molecule has 0 saturated heterocycles. The SMILES string of the molecule is CCCn1nnn(-c2ccccc2C)c1=N. The molecule has 0 atom stereocenters. The summed E-state index contributed by atoms with van der Waals surface area (Å²) in [5.41, 5.74) is 2.32. The summed E-state index contributed by atoms with van der Waals surface area (Å²) in [6.45, 7) is 4.78. The highest BCUT2D eigenvalue weighted by molar-refractivity contribution is 5.38. The van der Waals surface area contributed by atoms with Crippen LogP contribution < -0.4 is 5.62 Å². The van der Waals surface area contributed by atoms with E-state index in [1.54, 1.807) is 9.36 Å². The van der Waals surface area contributed by atoms with E-state index in [2.05, 4.69) is 17.4 Å². The molecule has 16 heavy (non-hydrogen) atoms. The van der Waals surface area contributed by atoms with Crippen molar-refractivity contribution in [2.24, 2.45) is 0 Å². The molecule has 84 valence electrons. The summed E-state index contributed by atoms with van der Waals surface area (Å²) < 4.78 is 3.16. The molecule has 2 rings (SSSR count). The second-order valence-corrected chi connectivity index (χ2v) is 3.72. The predicted octanol–water partition coefficient (Wildman–Crippen LogP) is 1.27. The van der Waals surface area contributed by atoms with Gasteiger partial charge in [0.25, 0.3) is 0 Å². The van der Waals surface area contributed by atoms with Crippen LogP contribution in [0.15, 0.2) is 24.3 Å². The summed E-state index contributed by atoms with van der Waals surface area (Å²) in [5.74, 6) is 0. The lowest BCUT2D eigenvalue weighted by atomic mass is 10.2. The Labute approximate surface area is 93.8 Å². The van der Waals surface area contributed by atoms with Crippen molar-refractivity contribution in [1.29, 1.82) is 5.41 Å². The molecule has 1 N–H and O–H groups in total. The van der Waals surface area contributed by atoms with Crippen LogP contribution in [-0.4, -0.2) is 19.8 Å². The van der Waals surface area contributed by atoms with Crippen LogP contribution in [0.1, 0.15) is 18.9 Å². The number of nitrogens with one attached hydrogen (secondary N) is 1. The molecule has 0 spiro atoms. The Bertz CT molecular complexity index is 537. The Morgan fingerprint density at radius 2 is 2.00 bits per heavy atom. The van der Waals surface area contributed by atoms with E-state index in [1.165, 1.54) is 0 Å². The summed E-state index contributed by atoms with van der Waals surface area (Å²) in [7, 11) is 0. The van der Waals surface area contributed by atoms with Crippen LogP contribution in [0.4, 0.5) is 0 Å². The van der Waals surface area contributed by atoms with Gasteiger partial charge >= 0.3 is 0 Å². The maximum Gasteiger partial charge on any atom is 0.243 e. The van der Waals surface area contributed by atoms with Crippen molar-refractivity contribution < 1.29 is 0 Å². The van der Waals surface area contributed by atoms with E-state index in [0.29, 0.717) is 5.62 Å². The Morgan fingerprint density at radius 3 is 2.69 bits per heavy atom. The zero-order valence-electron chi connectivity index (χ0n) is 9.51. The first-order valence-corrected chi connectivity index (χ1v) is 5.37. The third-order valence-corrected chi connectivity index (χ3v) is 2.46. The molecule has 0 bridgehead atoms. The van der Waals surface area contributed by atoms with Crippen molar-refractivity contribution in [1.82, 2.24) is 19.8 Å². The van der Waals surface area contributed by atoms with E-state index in [0.717, 1.165) is 24.2 Å². The van der Waals surface area contributed by atoms with Crippen LogP contribution in [-0.2, 0) is 6.54 Å². The molecule has 0 amide bonds. The molecule has 2 aromatic rings. The lowest BCUT2D eigenvalue weighted by Crippen LogP contribution is -2.24. The van der Waals surface area contributed by atoms with E-state index in [4.69, 9.17) is 5.41 Å². The van der Waals surface area contributed by atoms with Crippen molar-refractivity contribution in [2.75, 3.05) is 0 Å². The maximum atomic E-state index is 7.96. The average Bonchev–Trinajstić information content (AvgIpc) is 2.62. The van der Waals surface area contributed by atoms with Gasteiger partial charge in [-0.25, -0.2) is 4.68 Å². The molecule has 0 aliphatic heterocycles. The molecular weight excluding hydrogens is 202 g/mol. The first kappa shape index (κ1) is 10.6. The number of hydrogen-bond acceptors (Lipinski definition) is 3. The lowest BCUT2D eigenvalue weighted by molar-refractivity contribution is 0.552. The molecule has 5 heteroatoms. The number of aromatic nitrogens is 4. The largest absolute Gasteiger partial charge is 0.266 e. The summed E-state index contributed by atoms with van der Waals surface area (Å²) in [6, 6.07) is 7.85. The first-order chi connectivity index (χ1) is 7.74. The highest BCUT2D eigenvalue weighted by atomic mass is 15.6. The summed E-state index contributed by atoms with van der Waals surface area (Å²) in [6.07, 6.45) is 0.947. The Morgan fingerprint density at radius 1 is 1.25 bits per heavy atom. The monoisotopic (exact) mass is 217 g/mol. The quantitative estimate of drug-likeness (QED) is 0.841. The van der Waals surface area contributed by atoms with Crippen LogP contribution in [0.5, 0.6) is 0 Å². The van der Waals surface area contributed by atoms with Gasteiger partial charge in [0.2, 0.25) is 5.62 Å². The Kier molecular flexibility index (Phi) is 2.85. The standard InChI is InChI=1S/C11H15N5/c1-3-8-15-11(12)16(14-13-15)10-7-5-4-6-9(10)2/h4-7,12H,3,8H2,1-2H3. The Hall–Kier alpha value is -1.91. The fourth-order valence-electron chi connectivity index (χ4n) is 1.61. The minimum absolute atomic E-state index is 0.316. The predicted molar refractivity (Wildman–Crippen MR) is 60.2 cm³/mol. The third-order valence-electron chi connectivity index (χ3n) is 2.46. The van der Waals surface area contributed by atoms with Crippen LogP contribution in [0.2, 0.25) is 0 Å². The van der Waals surface area contributed by atoms with Gasteiger partial charge < -0.3 is 0 Å². The molecule has 0 aliphatic carbocycles. The number of rotatable bonds is 3. The molecule has 1 aromatic carbocycles. The fourth-order valence-corrected chi connectivity index (χ4v) is 1.61. The smallest absolute Gasteiger partial charge is 0.243 e. The summed E-state index contributed by atoms with van der Waals surface area (Å²) in [5, 5.41) is 15.9. The first-order valence-electron chi connectivity index (χ1n) is 5.37. The van der Waals surface area contributed by atoms with Gasteiger partial charge in [0.05, 0.1) is 5.69 Å². The number of nitrogens with zero attached hydrogens (tertiary/aromatic N) is 4. The van der Waals surface area contributed by atoms with E-state index in [1.807, 2.05) is 31.2 Å². The van der Waals surface area contributed by atoms with Gasteiger partial charge in [0.1, 0.15) is 0 Å². The van der Waals surface area contributed by atoms with Crippen LogP contribution in [0.3, 0.4) is 0 Å². The minimum atomic E-state index is 0.316. The number of aryl methyl sites for hydroxylation is 2. The second-order valence-electron chi connectivity index (χ2n) is 3.72. The molecule has 0 unspecified atom stereocenters. The van der Waals surface area contributed by atoms with E-state index < -0.39 is 0 Å². The topological polar surface area (TPSA) is 59.5 Å². The Balaban J connectivity index is 2.50. The van der Waals surface area contributed by atoms with Crippen LogP contribution >= 0.6 is 0 Å². The van der Waals surface area contributed by atoms with Crippen molar-refractivity contribution >= 4 is 0 Å². The van der Waals surface area contributed by atoms with Gasteiger partial charge in [0, 0.05) is 6.54 Å². The number of tetrazole rings is 1. The van der Waals surface area contributed by atoms with Gasteiger partial charge in [-0.2, -0.15) is 4.68 Å². The highest BCUT2D eigenvalue weighted by Gasteiger charge is 2.06. The molecule has 0 radical (unpaired) electrons. The molecule has 0 saturated carbocycles. The van der Waals surface area contributed by atoms with E-state index in [9.17, 15) is 0 Å². The lowest BCUT2D eigenvalue weighted by Gasteiger charge is -2.02. The van der Waals surface area contributed by atoms with Gasteiger partial charge in [0.15, 0.2) is 0 Å². The summed E-state index contributed by atoms with van der Waals surface area (Å²) in [4.78, 5) is 0. The van der Waals surface area contributed by atoms with Crippen LogP contribution in [0, 0.1) is 12.3 Å². The van der Waals surface area contributed by atoms with Gasteiger partial charge in [-0.15, -0.1) is 0 Å². The van der Waals surface area contributed by atoms with Crippen molar-refractivity contribution in [3.63, 3.8) is 0 Å². The zero-order chi connectivity index (χ0) is 11.5. The molecule has 1 aromatic heterocycles. The van der Waals surface area contributed by atoms with Crippen molar-refractivity contribution in [3.05, 3.63) is 35.4 Å². The minimum Gasteiger partial charge on any atom is -0.266 e. The fraction of sp³-hybridized carbons (Fsp3) is 0.364. The average molecular weight is 217 g/mol. The third kappa shape index (κ3) is 1.76. The van der Waals surface area contributed by atoms with Crippen LogP contribution in [0.25, 0.3) is 5.69 Å². The molecule has 0 fully saturated rings. The van der Waals surface area contributed by atoms with Gasteiger partial charge in [-0.1, -0.05) is 25.1 Å². The van der Waals surface area contributed by atoms with E-state index in [-0.39, 0.29) is 0 Å². The number of hydrogen-bond donors (Lipinski definition) is 1. The number of benzene rings is 1. The molecule has 0 aliphatic rings. The normalized spacial score (nSPS) is 10.6. The molecular formula is C11H15N5. The highest BCUT2D eigenvalue weighted by Crippen LogP contribution is 2.08. The molecule has 1 heterocycles. The maximum absolute atomic E-state index is 7.96. The van der Waals surface area contributed by atoms with Crippen molar-refractivity contribution in [3.8, 4) is 5.69 Å². The molecule has 5 nitrogen and oxygen atoms in total. The van der Waals surface area contributed by atoms with Crippen molar-refractivity contribution in [2.45, 2.75) is 26.8 Å². The second kappa shape index (κ2) is 4.30. The van der Waals surface area contributed by atoms with Gasteiger partial charge in [-0.05, 0) is 35.4 Å². The zero-order valence-corrected chi connectivity index (χ0v) is 9.51. The summed E-state index contributed by atoms with van der Waals surface area (Å²) >= 11 is 0. The van der Waals surface area contributed by atoms with Gasteiger partial charge in [-0.3, -0.25) is 5.41 Å². The number of para-hydroxylation sites is 1. The van der Waals surface area contributed by atoms with E-state index >= 15 is 0 Å².